The Labute approximate surface area is 174 Å². The van der Waals surface area contributed by atoms with Crippen molar-refractivity contribution in [2.24, 2.45) is 0 Å². The van der Waals surface area contributed by atoms with Gasteiger partial charge in [-0.2, -0.15) is 0 Å². The largest absolute Gasteiger partial charge is 0.384 e. The third-order valence-electron chi connectivity index (χ3n) is 4.68. The van der Waals surface area contributed by atoms with Gasteiger partial charge in [-0.1, -0.05) is 23.7 Å². The van der Waals surface area contributed by atoms with Gasteiger partial charge in [-0.25, -0.2) is 9.97 Å². The van der Waals surface area contributed by atoms with Crippen molar-refractivity contribution in [2.75, 3.05) is 26.2 Å². The highest BCUT2D eigenvalue weighted by atomic mass is 35.5. The first kappa shape index (κ1) is 21.0. The van der Waals surface area contributed by atoms with Crippen LogP contribution < -0.4 is 0 Å². The molecule has 0 aliphatic carbocycles. The maximum absolute atomic E-state index is 12.7. The van der Waals surface area contributed by atoms with Crippen LogP contribution in [0.2, 0.25) is 5.02 Å². The van der Waals surface area contributed by atoms with Gasteiger partial charge in [0.2, 0.25) is 5.91 Å². The Balaban J connectivity index is 1.58. The summed E-state index contributed by atoms with van der Waals surface area (Å²) in [5, 5.41) is 10.7. The third-order valence-corrected chi connectivity index (χ3v) is 4.93. The number of benzene rings is 1. The normalized spacial score (nSPS) is 15.0. The van der Waals surface area contributed by atoms with Crippen LogP contribution in [-0.2, 0) is 10.4 Å². The Morgan fingerprint density at radius 2 is 1.69 bits per heavy atom. The van der Waals surface area contributed by atoms with Crippen LogP contribution in [0.15, 0.2) is 42.7 Å². The molecule has 2 amide bonds. The predicted octanol–water partition coefficient (Wildman–Crippen LogP) is 2.36. The average Bonchev–Trinajstić information content (AvgIpc) is 2.72. The van der Waals surface area contributed by atoms with E-state index in [2.05, 4.69) is 9.97 Å². The molecule has 7 nitrogen and oxygen atoms in total. The van der Waals surface area contributed by atoms with Crippen molar-refractivity contribution in [3.8, 4) is 0 Å². The van der Waals surface area contributed by atoms with Gasteiger partial charge < -0.3 is 14.9 Å². The molecule has 1 saturated heterocycles. The molecule has 29 heavy (non-hydrogen) atoms. The zero-order valence-electron chi connectivity index (χ0n) is 16.4. The number of nitrogens with zero attached hydrogens (tertiary/aromatic N) is 4. The highest BCUT2D eigenvalue weighted by molar-refractivity contribution is 6.30. The summed E-state index contributed by atoms with van der Waals surface area (Å²) < 4.78 is 0. The van der Waals surface area contributed by atoms with Gasteiger partial charge in [0.25, 0.3) is 5.91 Å². The van der Waals surface area contributed by atoms with Gasteiger partial charge in [0.05, 0.1) is 5.69 Å². The zero-order valence-corrected chi connectivity index (χ0v) is 17.1. The summed E-state index contributed by atoms with van der Waals surface area (Å²) in [4.78, 5) is 36.5. The van der Waals surface area contributed by atoms with Gasteiger partial charge >= 0.3 is 0 Å². The first-order valence-corrected chi connectivity index (χ1v) is 9.68. The van der Waals surface area contributed by atoms with E-state index in [9.17, 15) is 14.7 Å². The molecule has 1 aromatic carbocycles. The van der Waals surface area contributed by atoms with E-state index in [1.807, 2.05) is 12.1 Å². The molecule has 0 saturated carbocycles. The van der Waals surface area contributed by atoms with E-state index in [0.29, 0.717) is 36.9 Å². The average molecular weight is 415 g/mol. The van der Waals surface area contributed by atoms with Crippen LogP contribution in [0.5, 0.6) is 0 Å². The molecule has 1 aliphatic rings. The molecule has 0 unspecified atom stereocenters. The number of carbonyl (C=O) groups is 2. The lowest BCUT2D eigenvalue weighted by atomic mass is 10.0. The van der Waals surface area contributed by atoms with Gasteiger partial charge in [-0.3, -0.25) is 9.59 Å². The van der Waals surface area contributed by atoms with E-state index in [-0.39, 0.29) is 17.5 Å². The lowest BCUT2D eigenvalue weighted by Gasteiger charge is -2.34. The molecule has 1 fully saturated rings. The minimum absolute atomic E-state index is 0.0987. The molecule has 1 aromatic heterocycles. The standard InChI is InChI=1S/C21H23ClN4O3/c1-21(2,29)18-13-17(23-14-24-18)20(28)26-11-9-25(10-12-26)19(27)8-5-15-3-6-16(22)7-4-15/h3-8,13-14,29H,9-12H2,1-2H3/b8-5+. The molecule has 2 heterocycles. The third kappa shape index (κ3) is 5.40. The van der Waals surface area contributed by atoms with Crippen LogP contribution >= 0.6 is 11.6 Å². The van der Waals surface area contributed by atoms with Crippen molar-refractivity contribution in [3.63, 3.8) is 0 Å². The Morgan fingerprint density at radius 1 is 1.07 bits per heavy atom. The molecule has 152 valence electrons. The van der Waals surface area contributed by atoms with Crippen molar-refractivity contribution >= 4 is 29.5 Å². The number of hydrogen-bond acceptors (Lipinski definition) is 5. The summed E-state index contributed by atoms with van der Waals surface area (Å²) in [7, 11) is 0. The number of aromatic nitrogens is 2. The number of amides is 2. The van der Waals surface area contributed by atoms with Gasteiger partial charge in [-0.05, 0) is 43.7 Å². The highest BCUT2D eigenvalue weighted by Gasteiger charge is 2.26. The Morgan fingerprint density at radius 3 is 2.31 bits per heavy atom. The number of carbonyl (C=O) groups excluding carboxylic acids is 2. The van der Waals surface area contributed by atoms with E-state index in [4.69, 9.17) is 11.6 Å². The maximum Gasteiger partial charge on any atom is 0.272 e. The highest BCUT2D eigenvalue weighted by Crippen LogP contribution is 2.18. The predicted molar refractivity (Wildman–Crippen MR) is 110 cm³/mol. The van der Waals surface area contributed by atoms with Crippen LogP contribution in [0.1, 0.15) is 35.6 Å². The van der Waals surface area contributed by atoms with Crippen LogP contribution in [0.25, 0.3) is 6.08 Å². The Kier molecular flexibility index (Phi) is 6.30. The van der Waals surface area contributed by atoms with Crippen LogP contribution in [0.3, 0.4) is 0 Å². The first-order chi connectivity index (χ1) is 13.7. The molecule has 0 radical (unpaired) electrons. The summed E-state index contributed by atoms with van der Waals surface area (Å²) >= 11 is 5.86. The molecule has 0 spiro atoms. The quantitative estimate of drug-likeness (QED) is 0.776. The maximum atomic E-state index is 12.7. The number of halogens is 1. The van der Waals surface area contributed by atoms with Crippen molar-refractivity contribution in [2.45, 2.75) is 19.4 Å². The SMILES string of the molecule is CC(C)(O)c1cc(C(=O)N2CCN(C(=O)/C=C/c3ccc(Cl)cc3)CC2)ncn1. The molecule has 1 aliphatic heterocycles. The Hall–Kier alpha value is -2.77. The second-order valence-electron chi connectivity index (χ2n) is 7.35. The molecule has 1 N–H and O–H groups in total. The van der Waals surface area contributed by atoms with Gasteiger partial charge in [0, 0.05) is 37.3 Å². The second kappa shape index (κ2) is 8.71. The number of hydrogen-bond donors (Lipinski definition) is 1. The van der Waals surface area contributed by atoms with Crippen LogP contribution in [0, 0.1) is 0 Å². The fourth-order valence-corrected chi connectivity index (χ4v) is 3.07. The molecule has 2 aromatic rings. The summed E-state index contributed by atoms with van der Waals surface area (Å²) in [6.07, 6.45) is 4.55. The molecular weight excluding hydrogens is 392 g/mol. The smallest absolute Gasteiger partial charge is 0.272 e. The minimum atomic E-state index is -1.15. The molecule has 3 rings (SSSR count). The monoisotopic (exact) mass is 414 g/mol. The molecular formula is C21H23ClN4O3. The lowest BCUT2D eigenvalue weighted by molar-refractivity contribution is -0.127. The number of aliphatic hydroxyl groups is 1. The summed E-state index contributed by atoms with van der Waals surface area (Å²) in [5.41, 5.74) is 0.360. The topological polar surface area (TPSA) is 86.6 Å². The molecule has 0 bridgehead atoms. The van der Waals surface area contributed by atoms with E-state index >= 15 is 0 Å². The van der Waals surface area contributed by atoms with Crippen LogP contribution in [0.4, 0.5) is 0 Å². The summed E-state index contributed by atoms with van der Waals surface area (Å²) in [5.74, 6) is -0.333. The Bertz CT molecular complexity index is 914. The lowest BCUT2D eigenvalue weighted by Crippen LogP contribution is -2.50. The number of rotatable bonds is 4. The summed E-state index contributed by atoms with van der Waals surface area (Å²) in [6.45, 7) is 4.93. The van der Waals surface area contributed by atoms with Crippen LogP contribution in [-0.4, -0.2) is 62.9 Å². The fraction of sp³-hybridized carbons (Fsp3) is 0.333. The van der Waals surface area contributed by atoms with Crippen molar-refractivity contribution in [1.82, 2.24) is 19.8 Å². The first-order valence-electron chi connectivity index (χ1n) is 9.31. The molecule has 0 atom stereocenters. The molecule has 8 heteroatoms. The van der Waals surface area contributed by atoms with Gasteiger partial charge in [0.1, 0.15) is 17.6 Å². The van der Waals surface area contributed by atoms with Crippen molar-refractivity contribution < 1.29 is 14.7 Å². The second-order valence-corrected chi connectivity index (χ2v) is 7.79. The van der Waals surface area contributed by atoms with Crippen molar-refractivity contribution in [3.05, 3.63) is 64.7 Å². The number of piperazine rings is 1. The minimum Gasteiger partial charge on any atom is -0.384 e. The van der Waals surface area contributed by atoms with Gasteiger partial charge in [-0.15, -0.1) is 0 Å². The van der Waals surface area contributed by atoms with Crippen molar-refractivity contribution in [1.29, 1.82) is 0 Å². The van der Waals surface area contributed by atoms with E-state index in [1.165, 1.54) is 18.5 Å². The fourth-order valence-electron chi connectivity index (χ4n) is 2.95. The zero-order chi connectivity index (χ0) is 21.0. The van der Waals surface area contributed by atoms with E-state index in [1.54, 1.807) is 41.9 Å². The van der Waals surface area contributed by atoms with E-state index in [0.717, 1.165) is 5.56 Å². The summed E-state index contributed by atoms with van der Waals surface area (Å²) in [6, 6.07) is 8.73. The van der Waals surface area contributed by atoms with E-state index < -0.39 is 5.60 Å². The van der Waals surface area contributed by atoms with Gasteiger partial charge in [0.15, 0.2) is 0 Å².